The van der Waals surface area contributed by atoms with E-state index < -0.39 is 24.1 Å². The average Bonchev–Trinajstić information content (AvgIpc) is 3.26. The van der Waals surface area contributed by atoms with Gasteiger partial charge in [-0.2, -0.15) is 0 Å². The third kappa shape index (κ3) is 12.6. The van der Waals surface area contributed by atoms with Crippen LogP contribution in [0.5, 0.6) is 0 Å². The summed E-state index contributed by atoms with van der Waals surface area (Å²) in [4.78, 5) is 54.3. The summed E-state index contributed by atoms with van der Waals surface area (Å²) >= 11 is 0. The van der Waals surface area contributed by atoms with Crippen LogP contribution in [0.25, 0.3) is 0 Å². The molecule has 3 aromatic rings. The third-order valence-corrected chi connectivity index (χ3v) is 11.8. The van der Waals surface area contributed by atoms with Gasteiger partial charge in [-0.1, -0.05) is 90.3 Å². The molecular formula is C49H67N9O4. The highest BCUT2D eigenvalue weighted by Gasteiger charge is 2.23. The Morgan fingerprint density at radius 1 is 0.645 bits per heavy atom. The minimum atomic E-state index is -0.448. The molecule has 4 rings (SSSR count). The molecule has 1 atom stereocenters. The number of fused-ring (bicyclic) bond motifs is 4. The van der Waals surface area contributed by atoms with Crippen molar-refractivity contribution in [3.8, 4) is 12.5 Å². The number of amides is 8. The van der Waals surface area contributed by atoms with E-state index in [9.17, 15) is 19.2 Å². The van der Waals surface area contributed by atoms with Crippen molar-refractivity contribution in [2.45, 2.75) is 120 Å². The fraction of sp³-hybridized carbons (Fsp3) is 0.429. The first kappa shape index (κ1) is 48.2. The maximum absolute atomic E-state index is 13.7. The lowest BCUT2D eigenvalue weighted by Crippen LogP contribution is -2.34. The summed E-state index contributed by atoms with van der Waals surface area (Å²) in [6.45, 7) is 18.4. The summed E-state index contributed by atoms with van der Waals surface area (Å²) < 4.78 is 0. The Labute approximate surface area is 368 Å². The second-order valence-electron chi connectivity index (χ2n) is 15.3. The van der Waals surface area contributed by atoms with Gasteiger partial charge in [-0.15, -0.1) is 0 Å². The van der Waals surface area contributed by atoms with Gasteiger partial charge in [0.05, 0.1) is 22.7 Å². The van der Waals surface area contributed by atoms with Gasteiger partial charge >= 0.3 is 24.1 Å². The smallest absolute Gasteiger partial charge is 0.319 e. The summed E-state index contributed by atoms with van der Waals surface area (Å²) in [5.74, 6) is 0.359. The van der Waals surface area contributed by atoms with Crippen molar-refractivity contribution in [3.63, 3.8) is 0 Å². The predicted molar refractivity (Wildman–Crippen MR) is 253 cm³/mol. The van der Waals surface area contributed by atoms with Gasteiger partial charge in [0.15, 0.2) is 0 Å². The zero-order valence-electron chi connectivity index (χ0n) is 37.9. The number of nitrogens with one attached hydrogen (secondary N) is 9. The van der Waals surface area contributed by atoms with Crippen LogP contribution in [0, 0.1) is 25.3 Å². The van der Waals surface area contributed by atoms with E-state index in [0.29, 0.717) is 61.0 Å². The fourth-order valence-electron chi connectivity index (χ4n) is 8.49. The van der Waals surface area contributed by atoms with E-state index in [0.717, 1.165) is 70.2 Å². The second-order valence-corrected chi connectivity index (χ2v) is 15.3. The fourth-order valence-corrected chi connectivity index (χ4v) is 8.49. The van der Waals surface area contributed by atoms with Crippen LogP contribution >= 0.6 is 0 Å². The summed E-state index contributed by atoms with van der Waals surface area (Å²) in [6, 6.07) is 14.9. The molecule has 0 radical (unpaired) electrons. The molecule has 8 amide bonds. The van der Waals surface area contributed by atoms with Gasteiger partial charge in [0, 0.05) is 38.8 Å². The van der Waals surface area contributed by atoms with Gasteiger partial charge in [-0.05, 0) is 127 Å². The first-order valence-electron chi connectivity index (χ1n) is 22.1. The number of hydrogen-bond acceptors (Lipinski definition) is 5. The maximum atomic E-state index is 13.7. The number of rotatable bonds is 10. The molecular weight excluding hydrogens is 779 g/mol. The van der Waals surface area contributed by atoms with Crippen LogP contribution in [0.15, 0.2) is 70.8 Å². The summed E-state index contributed by atoms with van der Waals surface area (Å²) in [6.07, 6.45) is 10.9. The highest BCUT2D eigenvalue weighted by atomic mass is 16.2. The van der Waals surface area contributed by atoms with Crippen LogP contribution in [-0.4, -0.2) is 37.2 Å². The standard InChI is InChI=1S/C49H67N9O4/c1-10-31(8)34(12-3)35(13-4)40-29-53-48(61)57-45-24-20-19-23-44(45)56-47(60)52-28-39-32(9)38(27-50-16-7)36(14-5)41(37(39)15-6)30-54-49(62)58-43-22-18-17-21-42(43)55-46(59)51-26-25-33(40)11-2/h7,17-24,31,50H,10-15,25-30H2,1-6,8-9H3,(H2,51,55,59)(H2,52,56,60)(H2,53,57,61)(H2,54,58,62)/b35-34-,40-33-. The van der Waals surface area contributed by atoms with Gasteiger partial charge in [0.2, 0.25) is 0 Å². The van der Waals surface area contributed by atoms with Crippen LogP contribution < -0.4 is 47.9 Å². The Bertz CT molecular complexity index is 2190. The van der Waals surface area contributed by atoms with Crippen molar-refractivity contribution < 1.29 is 19.2 Å². The van der Waals surface area contributed by atoms with Crippen molar-refractivity contribution in [1.82, 2.24) is 26.6 Å². The van der Waals surface area contributed by atoms with Gasteiger partial charge in [0.25, 0.3) is 0 Å². The Morgan fingerprint density at radius 2 is 1.13 bits per heavy atom. The maximum Gasteiger partial charge on any atom is 0.319 e. The minimum absolute atomic E-state index is 0.197. The lowest BCUT2D eigenvalue weighted by molar-refractivity contribution is 0.250. The molecule has 2 bridgehead atoms. The molecule has 0 saturated heterocycles. The van der Waals surface area contributed by atoms with E-state index in [1.165, 1.54) is 11.1 Å². The van der Waals surface area contributed by atoms with Gasteiger partial charge < -0.3 is 47.9 Å². The van der Waals surface area contributed by atoms with Crippen LogP contribution in [-0.2, 0) is 32.5 Å². The number of anilines is 4. The predicted octanol–water partition coefficient (Wildman–Crippen LogP) is 9.96. The topological polar surface area (TPSA) is 177 Å². The Kier molecular flexibility index (Phi) is 18.8. The number of carbonyl (C=O) groups is 4. The number of hydrogen-bond donors (Lipinski definition) is 9. The number of allylic oxidation sites excluding steroid dienone is 1. The average molecular weight is 846 g/mol. The first-order valence-corrected chi connectivity index (χ1v) is 22.1. The number of para-hydroxylation sites is 4. The quantitative estimate of drug-likeness (QED) is 0.0728. The lowest BCUT2D eigenvalue weighted by atomic mass is 9.84. The molecule has 0 saturated carbocycles. The number of benzene rings is 3. The Balaban J connectivity index is 1.79. The summed E-state index contributed by atoms with van der Waals surface area (Å²) in [7, 11) is 0. The van der Waals surface area contributed by atoms with Gasteiger partial charge in [-0.3, -0.25) is 0 Å². The minimum Gasteiger partial charge on any atom is -0.342 e. The van der Waals surface area contributed by atoms with Crippen molar-refractivity contribution >= 4 is 46.9 Å². The molecule has 3 aromatic carbocycles. The van der Waals surface area contributed by atoms with Crippen LogP contribution in [0.2, 0.25) is 0 Å². The van der Waals surface area contributed by atoms with E-state index in [4.69, 9.17) is 6.42 Å². The third-order valence-electron chi connectivity index (χ3n) is 11.8. The molecule has 62 heavy (non-hydrogen) atoms. The molecule has 0 spiro atoms. The van der Waals surface area contributed by atoms with E-state index in [1.807, 2.05) is 6.92 Å². The van der Waals surface area contributed by atoms with Gasteiger partial charge in [-0.25, -0.2) is 19.2 Å². The first-order chi connectivity index (χ1) is 29.9. The Morgan fingerprint density at radius 3 is 1.56 bits per heavy atom. The van der Waals surface area contributed by atoms with Crippen molar-refractivity contribution in [3.05, 3.63) is 104 Å². The van der Waals surface area contributed by atoms with Crippen LogP contribution in [0.1, 0.15) is 114 Å². The van der Waals surface area contributed by atoms with E-state index >= 15 is 0 Å². The Hall–Kier alpha value is -6.42. The number of terminal acetylenes is 1. The van der Waals surface area contributed by atoms with Gasteiger partial charge in [0.1, 0.15) is 0 Å². The molecule has 13 nitrogen and oxygen atoms in total. The largest absolute Gasteiger partial charge is 0.342 e. The van der Waals surface area contributed by atoms with E-state index in [1.54, 1.807) is 48.5 Å². The molecule has 0 fully saturated rings. The SMILES string of the molecule is C#CNCc1c(C)c2c(CC)c(c1CC)CNC(=O)Nc1ccccc1NC(=O)NCC/C(CC)=C(\C(CC)=C(\CC)C(C)CC)CNC(=O)Nc1ccccc1NC(=O)NC2. The molecule has 0 aromatic heterocycles. The zero-order valence-corrected chi connectivity index (χ0v) is 37.9. The van der Waals surface area contributed by atoms with Crippen LogP contribution in [0.4, 0.5) is 41.9 Å². The highest BCUT2D eigenvalue weighted by molar-refractivity contribution is 5.99. The molecule has 1 unspecified atom stereocenters. The van der Waals surface area contributed by atoms with Crippen molar-refractivity contribution in [2.75, 3.05) is 34.4 Å². The summed E-state index contributed by atoms with van der Waals surface area (Å²) in [5, 5.41) is 27.0. The molecule has 332 valence electrons. The molecule has 9 N–H and O–H groups in total. The molecule has 1 heterocycles. The van der Waals surface area contributed by atoms with Crippen LogP contribution in [0.3, 0.4) is 0 Å². The molecule has 13 heteroatoms. The normalized spacial score (nSPS) is 16.7. The molecule has 1 aliphatic heterocycles. The number of urea groups is 4. The van der Waals surface area contributed by atoms with E-state index in [-0.39, 0.29) is 19.6 Å². The lowest BCUT2D eigenvalue weighted by Gasteiger charge is -2.25. The van der Waals surface area contributed by atoms with Crippen molar-refractivity contribution in [2.24, 2.45) is 5.92 Å². The number of carbonyl (C=O) groups excluding carboxylic acids is 4. The zero-order chi connectivity index (χ0) is 45.2. The van der Waals surface area contributed by atoms with E-state index in [2.05, 4.69) is 102 Å². The highest BCUT2D eigenvalue weighted by Crippen LogP contribution is 2.33. The molecule has 0 aliphatic carbocycles. The summed E-state index contributed by atoms with van der Waals surface area (Å²) in [5.41, 5.74) is 12.5. The monoisotopic (exact) mass is 846 g/mol. The second kappa shape index (κ2) is 24.1. The molecule has 1 aliphatic rings. The van der Waals surface area contributed by atoms with Crippen molar-refractivity contribution in [1.29, 1.82) is 0 Å².